The van der Waals surface area contributed by atoms with Crippen molar-refractivity contribution in [1.82, 2.24) is 0 Å². The molecule has 2 aliphatic rings. The van der Waals surface area contributed by atoms with Crippen LogP contribution in [0, 0.1) is 27.9 Å². The molecule has 2 bridgehead atoms. The van der Waals surface area contributed by atoms with Gasteiger partial charge in [-0.05, 0) is 56.5 Å². The fraction of sp³-hybridized carbons (Fsp3) is 0.375. The van der Waals surface area contributed by atoms with E-state index in [9.17, 15) is 19.7 Å². The minimum atomic E-state index is -0.535. The van der Waals surface area contributed by atoms with Gasteiger partial charge in [-0.3, -0.25) is 19.7 Å². The van der Waals surface area contributed by atoms with Gasteiger partial charge in [0, 0.05) is 21.1 Å². The number of carbonyl (C=O) groups is 2. The lowest BCUT2D eigenvalue weighted by atomic mass is 9.94. The molecule has 25 heavy (non-hydrogen) atoms. The third-order valence-electron chi connectivity index (χ3n) is 4.43. The average Bonchev–Trinajstić information content (AvgIpc) is 3.18. The maximum atomic E-state index is 12.1. The third kappa shape index (κ3) is 3.92. The summed E-state index contributed by atoms with van der Waals surface area (Å²) < 4.78 is 5.84. The predicted octanol–water partition coefficient (Wildman–Crippen LogP) is 3.81. The molecule has 0 saturated heterocycles. The molecule has 132 valence electrons. The molecule has 3 atom stereocenters. The summed E-state index contributed by atoms with van der Waals surface area (Å²) in [5.74, 6) is -0.362. The first kappa shape index (κ1) is 18.1. The number of esters is 1. The summed E-state index contributed by atoms with van der Waals surface area (Å²) in [7, 11) is 0. The number of halogens is 2. The van der Waals surface area contributed by atoms with Gasteiger partial charge < -0.3 is 10.1 Å². The van der Waals surface area contributed by atoms with Crippen molar-refractivity contribution in [3.05, 3.63) is 43.3 Å². The monoisotopic (exact) mass is 472 g/mol. The van der Waals surface area contributed by atoms with E-state index in [4.69, 9.17) is 4.74 Å². The fourth-order valence-corrected chi connectivity index (χ4v) is 4.62. The number of rotatable bonds is 5. The quantitative estimate of drug-likeness (QED) is 0.303. The number of nitro benzene ring substituents is 1. The Labute approximate surface area is 160 Å². The van der Waals surface area contributed by atoms with Gasteiger partial charge in [-0.25, -0.2) is 0 Å². The zero-order valence-corrected chi connectivity index (χ0v) is 16.1. The maximum Gasteiger partial charge on any atom is 0.310 e. The maximum absolute atomic E-state index is 12.1. The fourth-order valence-electron chi connectivity index (χ4n) is 3.26. The Balaban J connectivity index is 1.57. The number of carbonyl (C=O) groups excluding carboxylic acids is 2. The second-order valence-corrected chi connectivity index (χ2v) is 7.79. The Bertz CT molecular complexity index is 757. The molecule has 2 aliphatic carbocycles. The largest absolute Gasteiger partial charge is 0.455 e. The van der Waals surface area contributed by atoms with Crippen molar-refractivity contribution in [2.45, 2.75) is 12.8 Å². The smallest absolute Gasteiger partial charge is 0.310 e. The number of anilines is 1. The molecule has 0 aliphatic heterocycles. The van der Waals surface area contributed by atoms with Crippen molar-refractivity contribution >= 4 is 55.1 Å². The van der Waals surface area contributed by atoms with E-state index in [0.717, 1.165) is 12.8 Å². The number of allylic oxidation sites excluding steroid dienone is 2. The van der Waals surface area contributed by atoms with Crippen LogP contribution in [0.2, 0.25) is 0 Å². The molecule has 7 nitrogen and oxygen atoms in total. The summed E-state index contributed by atoms with van der Waals surface area (Å²) >= 11 is 6.37. The highest BCUT2D eigenvalue weighted by Crippen LogP contribution is 2.43. The Morgan fingerprint density at radius 1 is 1.24 bits per heavy atom. The topological polar surface area (TPSA) is 98.5 Å². The molecule has 3 rings (SSSR count). The van der Waals surface area contributed by atoms with Crippen LogP contribution < -0.4 is 5.32 Å². The first-order valence-corrected chi connectivity index (χ1v) is 9.22. The lowest BCUT2D eigenvalue weighted by molar-refractivity contribution is -0.385. The van der Waals surface area contributed by atoms with Crippen molar-refractivity contribution in [2.24, 2.45) is 17.8 Å². The van der Waals surface area contributed by atoms with E-state index in [0.29, 0.717) is 20.6 Å². The van der Waals surface area contributed by atoms with E-state index < -0.39 is 17.4 Å². The molecule has 1 amide bonds. The second-order valence-electron chi connectivity index (χ2n) is 6.08. The van der Waals surface area contributed by atoms with E-state index >= 15 is 0 Å². The predicted molar refractivity (Wildman–Crippen MR) is 96.9 cm³/mol. The molecule has 0 radical (unpaired) electrons. The van der Waals surface area contributed by atoms with Gasteiger partial charge in [0.1, 0.15) is 0 Å². The highest BCUT2D eigenvalue weighted by Gasteiger charge is 2.40. The first-order valence-electron chi connectivity index (χ1n) is 7.63. The number of hydrogen-bond donors (Lipinski definition) is 1. The van der Waals surface area contributed by atoms with E-state index in [1.165, 1.54) is 12.1 Å². The summed E-state index contributed by atoms with van der Waals surface area (Å²) in [5, 5.41) is 13.4. The van der Waals surface area contributed by atoms with Gasteiger partial charge in [0.05, 0.1) is 16.5 Å². The SMILES string of the molecule is O=C(COC(=O)[C@H]1C[C@H]2C=C[C@H]1C2)Nc1c(Br)cc([N+](=O)[O-])cc1Br. The van der Waals surface area contributed by atoms with E-state index in [-0.39, 0.29) is 23.5 Å². The zero-order valence-electron chi connectivity index (χ0n) is 12.9. The van der Waals surface area contributed by atoms with Gasteiger partial charge in [-0.15, -0.1) is 0 Å². The van der Waals surface area contributed by atoms with Crippen molar-refractivity contribution in [3.63, 3.8) is 0 Å². The molecule has 0 heterocycles. The van der Waals surface area contributed by atoms with Crippen LogP contribution in [0.5, 0.6) is 0 Å². The molecule has 1 saturated carbocycles. The summed E-state index contributed by atoms with van der Waals surface area (Å²) in [6.07, 6.45) is 5.94. The molecule has 1 fully saturated rings. The van der Waals surface area contributed by atoms with Crippen LogP contribution in [0.1, 0.15) is 12.8 Å². The molecule has 9 heteroatoms. The van der Waals surface area contributed by atoms with Gasteiger partial charge in [0.15, 0.2) is 6.61 Å². The molecule has 1 aromatic carbocycles. The molecule has 0 unspecified atom stereocenters. The lowest BCUT2D eigenvalue weighted by Crippen LogP contribution is -2.26. The molecule has 1 N–H and O–H groups in total. The van der Waals surface area contributed by atoms with Gasteiger partial charge >= 0.3 is 5.97 Å². The van der Waals surface area contributed by atoms with E-state index in [2.05, 4.69) is 43.3 Å². The minimum Gasteiger partial charge on any atom is -0.455 e. The average molecular weight is 474 g/mol. The third-order valence-corrected chi connectivity index (χ3v) is 5.68. The molecular formula is C16H14Br2N2O5. The number of fused-ring (bicyclic) bond motifs is 2. The minimum absolute atomic E-state index is 0.118. The van der Waals surface area contributed by atoms with Crippen molar-refractivity contribution in [3.8, 4) is 0 Å². The standard InChI is InChI=1S/C16H14Br2N2O5/c17-12-5-10(20(23)24)6-13(18)15(12)19-14(21)7-25-16(22)11-4-8-1-2-9(11)3-8/h1-2,5-6,8-9,11H,3-4,7H2,(H,19,21)/t8-,9-,11-/m0/s1. The van der Waals surface area contributed by atoms with Gasteiger partial charge in [0.25, 0.3) is 11.6 Å². The van der Waals surface area contributed by atoms with Crippen molar-refractivity contribution in [1.29, 1.82) is 0 Å². The van der Waals surface area contributed by atoms with Gasteiger partial charge in [-0.2, -0.15) is 0 Å². The Morgan fingerprint density at radius 2 is 1.92 bits per heavy atom. The normalized spacial score (nSPS) is 23.5. The summed E-state index contributed by atoms with van der Waals surface area (Å²) in [6.45, 7) is -0.397. The van der Waals surface area contributed by atoms with Crippen molar-refractivity contribution in [2.75, 3.05) is 11.9 Å². The summed E-state index contributed by atoms with van der Waals surface area (Å²) in [4.78, 5) is 34.4. The van der Waals surface area contributed by atoms with Crippen LogP contribution in [0.4, 0.5) is 11.4 Å². The van der Waals surface area contributed by atoms with E-state index in [1.54, 1.807) is 0 Å². The van der Waals surface area contributed by atoms with Crippen LogP contribution in [-0.2, 0) is 14.3 Å². The molecular weight excluding hydrogens is 460 g/mol. The Kier molecular flexibility index (Phi) is 5.24. The second kappa shape index (κ2) is 7.25. The number of amides is 1. The number of nitro groups is 1. The van der Waals surface area contributed by atoms with E-state index in [1.807, 2.05) is 6.08 Å². The first-order chi connectivity index (χ1) is 11.8. The van der Waals surface area contributed by atoms with Crippen LogP contribution >= 0.6 is 31.9 Å². The van der Waals surface area contributed by atoms with Crippen LogP contribution in [0.15, 0.2) is 33.2 Å². The Morgan fingerprint density at radius 3 is 2.44 bits per heavy atom. The van der Waals surface area contributed by atoms with Crippen LogP contribution in [0.3, 0.4) is 0 Å². The number of non-ortho nitro benzene ring substituents is 1. The number of ether oxygens (including phenoxy) is 1. The van der Waals surface area contributed by atoms with Crippen molar-refractivity contribution < 1.29 is 19.2 Å². The molecule has 1 aromatic rings. The van der Waals surface area contributed by atoms with Crippen LogP contribution in [0.25, 0.3) is 0 Å². The van der Waals surface area contributed by atoms with Gasteiger partial charge in [0.2, 0.25) is 0 Å². The zero-order chi connectivity index (χ0) is 18.1. The number of nitrogens with one attached hydrogen (secondary N) is 1. The highest BCUT2D eigenvalue weighted by atomic mass is 79.9. The molecule has 0 spiro atoms. The summed E-state index contributed by atoms with van der Waals surface area (Å²) in [6, 6.07) is 2.57. The Hall–Kier alpha value is -1.74. The lowest BCUT2D eigenvalue weighted by Gasteiger charge is -2.16. The summed E-state index contributed by atoms with van der Waals surface area (Å²) in [5.41, 5.74) is 0.224. The number of hydrogen-bond acceptors (Lipinski definition) is 5. The number of nitrogens with zero attached hydrogens (tertiary/aromatic N) is 1. The van der Waals surface area contributed by atoms with Crippen LogP contribution in [-0.4, -0.2) is 23.4 Å². The number of benzene rings is 1. The highest BCUT2D eigenvalue weighted by molar-refractivity contribution is 9.11. The van der Waals surface area contributed by atoms with Gasteiger partial charge in [-0.1, -0.05) is 12.2 Å². The molecule has 0 aromatic heterocycles.